The maximum Gasteiger partial charge on any atom is 0.170 e. The summed E-state index contributed by atoms with van der Waals surface area (Å²) < 4.78 is 13.0. The van der Waals surface area contributed by atoms with Gasteiger partial charge >= 0.3 is 0 Å². The van der Waals surface area contributed by atoms with Gasteiger partial charge in [-0.05, 0) is 19.8 Å². The van der Waals surface area contributed by atoms with E-state index in [0.29, 0.717) is 0 Å². The van der Waals surface area contributed by atoms with Crippen molar-refractivity contribution in [3.63, 3.8) is 0 Å². The maximum atomic E-state index is 13.0. The van der Waals surface area contributed by atoms with E-state index in [1.807, 2.05) is 0 Å². The lowest BCUT2D eigenvalue weighted by Gasteiger charge is -2.32. The molecule has 0 heterocycles. The lowest BCUT2D eigenvalue weighted by Crippen LogP contribution is -2.32. The van der Waals surface area contributed by atoms with Crippen molar-refractivity contribution >= 4 is 0 Å². The molecule has 1 atom stereocenters. The van der Waals surface area contributed by atoms with Gasteiger partial charge in [0.15, 0.2) is 5.67 Å². The van der Waals surface area contributed by atoms with Crippen LogP contribution in [0.5, 0.6) is 0 Å². The second kappa shape index (κ2) is 2.02. The molecule has 1 fully saturated rings. The first kappa shape index (κ1) is 6.61. The van der Waals surface area contributed by atoms with Gasteiger partial charge in [-0.3, -0.25) is 0 Å². The highest BCUT2D eigenvalue weighted by molar-refractivity contribution is 5.09. The Bertz CT molecular complexity index is 137. The van der Waals surface area contributed by atoms with Crippen LogP contribution in [-0.2, 0) is 0 Å². The fourth-order valence-corrected chi connectivity index (χ4v) is 1.07. The van der Waals surface area contributed by atoms with Gasteiger partial charge in [0.2, 0.25) is 0 Å². The smallest absolute Gasteiger partial charge is 0.170 e. The predicted octanol–water partition coefficient (Wildman–Crippen LogP) is 2.15. The molecule has 0 saturated heterocycles. The van der Waals surface area contributed by atoms with Crippen molar-refractivity contribution in [3.05, 3.63) is 0 Å². The number of halogens is 1. The summed E-state index contributed by atoms with van der Waals surface area (Å²) in [6.45, 7) is 1.50. The summed E-state index contributed by atoms with van der Waals surface area (Å²) in [6.07, 6.45) is 8.08. The van der Waals surface area contributed by atoms with E-state index in [4.69, 9.17) is 6.42 Å². The predicted molar refractivity (Wildman–Crippen MR) is 35.7 cm³/mol. The molecular formula is C8H11F. The normalized spacial score (nSPS) is 25.9. The van der Waals surface area contributed by atoms with Crippen LogP contribution in [-0.4, -0.2) is 5.67 Å². The van der Waals surface area contributed by atoms with E-state index in [1.165, 1.54) is 6.92 Å². The monoisotopic (exact) mass is 126 g/mol. The van der Waals surface area contributed by atoms with E-state index in [1.54, 1.807) is 0 Å². The molecule has 1 saturated carbocycles. The van der Waals surface area contributed by atoms with Gasteiger partial charge in [0.25, 0.3) is 0 Å². The van der Waals surface area contributed by atoms with Crippen LogP contribution < -0.4 is 0 Å². The van der Waals surface area contributed by atoms with Crippen LogP contribution in [0.1, 0.15) is 26.2 Å². The zero-order valence-corrected chi connectivity index (χ0v) is 5.65. The topological polar surface area (TPSA) is 0 Å². The first-order valence-corrected chi connectivity index (χ1v) is 3.33. The molecule has 0 aromatic rings. The third-order valence-electron chi connectivity index (χ3n) is 2.15. The van der Waals surface area contributed by atoms with Gasteiger partial charge in [-0.2, -0.15) is 0 Å². The largest absolute Gasteiger partial charge is 0.230 e. The van der Waals surface area contributed by atoms with Crippen molar-refractivity contribution in [2.45, 2.75) is 31.9 Å². The van der Waals surface area contributed by atoms with Gasteiger partial charge in [0, 0.05) is 5.92 Å². The Morgan fingerprint density at radius 2 is 2.22 bits per heavy atom. The quantitative estimate of drug-likeness (QED) is 0.472. The molecule has 1 aliphatic carbocycles. The Balaban J connectivity index is 2.50. The number of hydrogen-bond acceptors (Lipinski definition) is 0. The number of terminal acetylenes is 1. The zero-order valence-electron chi connectivity index (χ0n) is 5.65. The van der Waals surface area contributed by atoms with Gasteiger partial charge in [-0.25, -0.2) is 4.39 Å². The van der Waals surface area contributed by atoms with Gasteiger partial charge in [-0.1, -0.05) is 12.3 Å². The van der Waals surface area contributed by atoms with E-state index >= 15 is 0 Å². The Morgan fingerprint density at radius 3 is 2.33 bits per heavy atom. The van der Waals surface area contributed by atoms with Crippen LogP contribution in [0.3, 0.4) is 0 Å². The Labute approximate surface area is 55.5 Å². The summed E-state index contributed by atoms with van der Waals surface area (Å²) in [5.74, 6) is 2.32. The van der Waals surface area contributed by atoms with E-state index < -0.39 is 5.67 Å². The Kier molecular flexibility index (Phi) is 1.48. The molecule has 0 nitrogen and oxygen atoms in total. The first-order valence-electron chi connectivity index (χ1n) is 3.33. The van der Waals surface area contributed by atoms with Gasteiger partial charge in [0.05, 0.1) is 0 Å². The molecular weight excluding hydrogens is 115 g/mol. The van der Waals surface area contributed by atoms with Crippen LogP contribution in [0.4, 0.5) is 4.39 Å². The van der Waals surface area contributed by atoms with Crippen LogP contribution in [0.2, 0.25) is 0 Å². The van der Waals surface area contributed by atoms with E-state index in [-0.39, 0.29) is 5.92 Å². The molecule has 0 aromatic heterocycles. The fourth-order valence-electron chi connectivity index (χ4n) is 1.07. The molecule has 0 aliphatic heterocycles. The average molecular weight is 126 g/mol. The molecule has 1 aliphatic rings. The zero-order chi connectivity index (χ0) is 6.91. The minimum atomic E-state index is -1.34. The van der Waals surface area contributed by atoms with Gasteiger partial charge in [-0.15, -0.1) is 6.42 Å². The summed E-state index contributed by atoms with van der Waals surface area (Å²) in [4.78, 5) is 0. The summed E-state index contributed by atoms with van der Waals surface area (Å²) in [6, 6.07) is 0. The molecule has 0 amide bonds. The maximum absolute atomic E-state index is 13.0. The summed E-state index contributed by atoms with van der Waals surface area (Å²) in [5, 5.41) is 0. The van der Waals surface area contributed by atoms with Gasteiger partial charge < -0.3 is 0 Å². The molecule has 0 spiro atoms. The third-order valence-corrected chi connectivity index (χ3v) is 2.15. The van der Waals surface area contributed by atoms with Crippen molar-refractivity contribution < 1.29 is 4.39 Å². The second-order valence-electron chi connectivity index (χ2n) is 2.85. The van der Waals surface area contributed by atoms with Crippen molar-refractivity contribution in [2.75, 3.05) is 0 Å². The highest BCUT2D eigenvalue weighted by Crippen LogP contribution is 2.37. The SMILES string of the molecule is C#CC(C)(F)C1CCC1. The molecule has 1 rings (SSSR count). The third kappa shape index (κ3) is 1.08. The Hall–Kier alpha value is -0.510. The minimum absolute atomic E-state index is 0.141. The highest BCUT2D eigenvalue weighted by Gasteiger charge is 2.36. The highest BCUT2D eigenvalue weighted by atomic mass is 19.1. The van der Waals surface area contributed by atoms with Crippen LogP contribution >= 0.6 is 0 Å². The molecule has 0 radical (unpaired) electrons. The van der Waals surface area contributed by atoms with Crippen LogP contribution in [0.25, 0.3) is 0 Å². The molecule has 1 heteroatoms. The van der Waals surface area contributed by atoms with E-state index in [0.717, 1.165) is 19.3 Å². The van der Waals surface area contributed by atoms with Crippen molar-refractivity contribution in [3.8, 4) is 12.3 Å². The second-order valence-corrected chi connectivity index (χ2v) is 2.85. The van der Waals surface area contributed by atoms with Crippen molar-refractivity contribution in [1.29, 1.82) is 0 Å². The first-order chi connectivity index (χ1) is 4.17. The van der Waals surface area contributed by atoms with E-state index in [2.05, 4.69) is 5.92 Å². The summed E-state index contributed by atoms with van der Waals surface area (Å²) in [5.41, 5.74) is -1.34. The number of alkyl halides is 1. The molecule has 1 unspecified atom stereocenters. The molecule has 0 aromatic carbocycles. The molecule has 0 N–H and O–H groups in total. The van der Waals surface area contributed by atoms with Crippen LogP contribution in [0, 0.1) is 18.3 Å². The van der Waals surface area contributed by atoms with Crippen molar-refractivity contribution in [1.82, 2.24) is 0 Å². The van der Waals surface area contributed by atoms with Crippen molar-refractivity contribution in [2.24, 2.45) is 5.92 Å². The number of hydrogen-bond donors (Lipinski definition) is 0. The molecule has 9 heavy (non-hydrogen) atoms. The number of rotatable bonds is 1. The molecule has 0 bridgehead atoms. The van der Waals surface area contributed by atoms with Gasteiger partial charge in [0.1, 0.15) is 0 Å². The fraction of sp³-hybridized carbons (Fsp3) is 0.750. The lowest BCUT2D eigenvalue weighted by atomic mass is 9.75. The average Bonchev–Trinajstić information content (AvgIpc) is 1.60. The van der Waals surface area contributed by atoms with Crippen LogP contribution in [0.15, 0.2) is 0 Å². The minimum Gasteiger partial charge on any atom is -0.230 e. The summed E-state index contributed by atoms with van der Waals surface area (Å²) in [7, 11) is 0. The Morgan fingerprint density at radius 1 is 1.67 bits per heavy atom. The van der Waals surface area contributed by atoms with E-state index in [9.17, 15) is 4.39 Å². The summed E-state index contributed by atoms with van der Waals surface area (Å²) >= 11 is 0. The standard InChI is InChI=1S/C8H11F/c1-3-8(2,9)7-5-4-6-7/h1,7H,4-6H2,2H3. The molecule has 50 valence electrons. The lowest BCUT2D eigenvalue weighted by molar-refractivity contribution is 0.103.